The minimum atomic E-state index is -1.71. The minimum absolute atomic E-state index is 0.0906. The maximum absolute atomic E-state index is 12.3. The Morgan fingerprint density at radius 2 is 1.73 bits per heavy atom. The highest BCUT2D eigenvalue weighted by molar-refractivity contribution is 6.17. The number of non-ortho nitro benzene ring substituents is 1. The van der Waals surface area contributed by atoms with Crippen molar-refractivity contribution in [2.75, 3.05) is 19.5 Å². The Morgan fingerprint density at radius 1 is 1.20 bits per heavy atom. The number of carbonyl (C=O) groups is 2. The van der Waals surface area contributed by atoms with Crippen LogP contribution in [0.3, 0.4) is 0 Å². The molecule has 2 N–H and O–H groups in total. The Kier molecular flexibility index (Phi) is 6.77. The van der Waals surface area contributed by atoms with Crippen molar-refractivity contribution in [1.29, 1.82) is 0 Å². The van der Waals surface area contributed by atoms with Gasteiger partial charge in [-0.1, -0.05) is 0 Å². The Labute approximate surface area is 178 Å². The summed E-state index contributed by atoms with van der Waals surface area (Å²) in [5, 5.41) is 31.4. The third-order valence-electron chi connectivity index (χ3n) is 5.41. The van der Waals surface area contributed by atoms with Crippen molar-refractivity contribution >= 4 is 29.2 Å². The van der Waals surface area contributed by atoms with Crippen molar-refractivity contribution in [3.8, 4) is 5.75 Å². The van der Waals surface area contributed by atoms with Gasteiger partial charge in [0.15, 0.2) is 0 Å². The van der Waals surface area contributed by atoms with E-state index in [1.165, 1.54) is 30.0 Å². The van der Waals surface area contributed by atoms with Crippen molar-refractivity contribution in [2.45, 2.75) is 32.6 Å². The highest BCUT2D eigenvalue weighted by atomic mass is 35.5. The summed E-state index contributed by atoms with van der Waals surface area (Å²) in [5.41, 5.74) is -1.67. The monoisotopic (exact) mass is 438 g/mol. The van der Waals surface area contributed by atoms with Gasteiger partial charge in [0.25, 0.3) is 5.69 Å². The number of nitro benzene ring substituents is 1. The van der Waals surface area contributed by atoms with Gasteiger partial charge in [0.2, 0.25) is 0 Å². The quantitative estimate of drug-likeness (QED) is 0.273. The van der Waals surface area contributed by atoms with Gasteiger partial charge in [-0.25, -0.2) is 9.59 Å². The maximum Gasteiger partial charge on any atom is 0.334 e. The van der Waals surface area contributed by atoms with Crippen LogP contribution in [0.1, 0.15) is 32.8 Å². The number of hydrogen-bond donors (Lipinski definition) is 2. The van der Waals surface area contributed by atoms with Gasteiger partial charge in [0.1, 0.15) is 5.75 Å². The van der Waals surface area contributed by atoms with E-state index in [0.29, 0.717) is 23.7 Å². The van der Waals surface area contributed by atoms with E-state index in [9.17, 15) is 29.9 Å². The number of rotatable bonds is 8. The van der Waals surface area contributed by atoms with Crippen molar-refractivity contribution in [1.82, 2.24) is 4.90 Å². The molecular formula is C20H23ClN2O7. The molecule has 0 saturated carbocycles. The van der Waals surface area contributed by atoms with E-state index in [4.69, 9.17) is 16.3 Å². The summed E-state index contributed by atoms with van der Waals surface area (Å²) in [6, 6.07) is 3.76. The average Bonchev–Trinajstić information content (AvgIpc) is 2.66. The van der Waals surface area contributed by atoms with Crippen molar-refractivity contribution in [3.05, 3.63) is 56.4 Å². The molecule has 0 unspecified atom stereocenters. The molecule has 9 nitrogen and oxygen atoms in total. The van der Waals surface area contributed by atoms with Crippen LogP contribution in [0.5, 0.6) is 5.75 Å². The molecule has 0 aliphatic carbocycles. The molecule has 162 valence electrons. The zero-order valence-corrected chi connectivity index (χ0v) is 17.8. The normalized spacial score (nSPS) is 16.0. The number of carboxylic acids is 2. The standard InChI is InChI=1S/C20H23ClN2O7/c1-11-16(18(24)25)20(3,17(19(26)27)12(2)22(11)4)14-10-13(23(28)29)6-7-15(14)30-9-5-8-21/h6-7,10H,5,8-9H2,1-4H3,(H,24,25)(H,26,27). The van der Waals surface area contributed by atoms with Crippen LogP contribution >= 0.6 is 11.6 Å². The van der Waals surface area contributed by atoms with Crippen molar-refractivity contribution in [2.24, 2.45) is 0 Å². The number of benzene rings is 1. The van der Waals surface area contributed by atoms with E-state index in [1.54, 1.807) is 20.9 Å². The van der Waals surface area contributed by atoms with Crippen LogP contribution in [0.25, 0.3) is 0 Å². The predicted octanol–water partition coefficient (Wildman–Crippen LogP) is 3.52. The van der Waals surface area contributed by atoms with Crippen molar-refractivity contribution < 1.29 is 29.5 Å². The number of carboxylic acid groups (broad SMARTS) is 2. The summed E-state index contributed by atoms with van der Waals surface area (Å²) < 4.78 is 5.73. The molecule has 0 saturated heterocycles. The Bertz CT molecular complexity index is 930. The molecule has 2 rings (SSSR count). The molecule has 0 spiro atoms. The van der Waals surface area contributed by atoms with Gasteiger partial charge >= 0.3 is 11.9 Å². The number of aliphatic carboxylic acids is 2. The summed E-state index contributed by atoms with van der Waals surface area (Å²) in [6.45, 7) is 4.75. The van der Waals surface area contributed by atoms with E-state index in [1.807, 2.05) is 0 Å². The summed E-state index contributed by atoms with van der Waals surface area (Å²) >= 11 is 5.69. The molecular weight excluding hydrogens is 416 g/mol. The molecule has 10 heteroatoms. The summed E-state index contributed by atoms with van der Waals surface area (Å²) in [5.74, 6) is -2.17. The fraction of sp³-hybridized carbons (Fsp3) is 0.400. The van der Waals surface area contributed by atoms with Crippen molar-refractivity contribution in [3.63, 3.8) is 0 Å². The Balaban J connectivity index is 2.93. The number of allylic oxidation sites excluding steroid dienone is 2. The molecule has 0 radical (unpaired) electrons. The zero-order valence-electron chi connectivity index (χ0n) is 17.1. The van der Waals surface area contributed by atoms with E-state index in [0.717, 1.165) is 0 Å². The van der Waals surface area contributed by atoms with Gasteiger partial charge in [-0.3, -0.25) is 10.1 Å². The molecule has 0 aromatic heterocycles. The lowest BCUT2D eigenvalue weighted by atomic mass is 9.66. The van der Waals surface area contributed by atoms with Gasteiger partial charge in [-0.2, -0.15) is 0 Å². The molecule has 0 atom stereocenters. The third-order valence-corrected chi connectivity index (χ3v) is 5.67. The number of nitrogens with zero attached hydrogens (tertiary/aromatic N) is 2. The molecule has 1 aliphatic heterocycles. The molecule has 1 aromatic carbocycles. The summed E-state index contributed by atoms with van der Waals surface area (Å²) in [4.78, 5) is 36.8. The molecule has 0 amide bonds. The first-order valence-corrected chi connectivity index (χ1v) is 9.62. The van der Waals surface area contributed by atoms with Gasteiger partial charge in [-0.05, 0) is 33.3 Å². The van der Waals surface area contributed by atoms with Crippen LogP contribution in [0, 0.1) is 10.1 Å². The Hall–Kier alpha value is -3.07. The van der Waals surface area contributed by atoms with E-state index in [2.05, 4.69) is 0 Å². The van der Waals surface area contributed by atoms with Gasteiger partial charge in [-0.15, -0.1) is 11.6 Å². The topological polar surface area (TPSA) is 130 Å². The summed E-state index contributed by atoms with van der Waals surface area (Å²) in [7, 11) is 1.57. The Morgan fingerprint density at radius 3 is 2.17 bits per heavy atom. The van der Waals surface area contributed by atoms with E-state index >= 15 is 0 Å². The minimum Gasteiger partial charge on any atom is -0.493 e. The fourth-order valence-electron chi connectivity index (χ4n) is 3.83. The van der Waals surface area contributed by atoms with Crippen LogP contribution in [-0.4, -0.2) is 51.5 Å². The maximum atomic E-state index is 12.3. The highest BCUT2D eigenvalue weighted by Crippen LogP contribution is 2.50. The van der Waals surface area contributed by atoms with E-state index in [-0.39, 0.29) is 34.8 Å². The first kappa shape index (κ1) is 23.2. The first-order chi connectivity index (χ1) is 14.0. The molecule has 1 heterocycles. The molecule has 0 bridgehead atoms. The second kappa shape index (κ2) is 8.74. The molecule has 1 aromatic rings. The zero-order chi connectivity index (χ0) is 22.8. The number of alkyl halides is 1. The number of ether oxygens (including phenoxy) is 1. The predicted molar refractivity (Wildman–Crippen MR) is 110 cm³/mol. The fourth-order valence-corrected chi connectivity index (χ4v) is 3.94. The van der Waals surface area contributed by atoms with Gasteiger partial charge in [0.05, 0.1) is 28.1 Å². The SMILES string of the molecule is CC1=C(C(=O)O)C(C)(c2cc([N+](=O)[O-])ccc2OCCCCl)C(C(=O)O)=C(C)N1C. The molecule has 30 heavy (non-hydrogen) atoms. The highest BCUT2D eigenvalue weighted by Gasteiger charge is 2.50. The lowest BCUT2D eigenvalue weighted by Crippen LogP contribution is -2.43. The average molecular weight is 439 g/mol. The second-order valence-electron chi connectivity index (χ2n) is 7.04. The lowest BCUT2D eigenvalue weighted by Gasteiger charge is -2.42. The summed E-state index contributed by atoms with van der Waals surface area (Å²) in [6.07, 6.45) is 0.485. The van der Waals surface area contributed by atoms with Crippen LogP contribution < -0.4 is 4.74 Å². The van der Waals surface area contributed by atoms with Crippen LogP contribution in [0.2, 0.25) is 0 Å². The van der Waals surface area contributed by atoms with Gasteiger partial charge < -0.3 is 19.8 Å². The number of nitro groups is 1. The van der Waals surface area contributed by atoms with Crippen LogP contribution in [0.15, 0.2) is 40.7 Å². The number of halogens is 1. The lowest BCUT2D eigenvalue weighted by molar-refractivity contribution is -0.385. The molecule has 0 fully saturated rings. The smallest absolute Gasteiger partial charge is 0.334 e. The van der Waals surface area contributed by atoms with Crippen LogP contribution in [-0.2, 0) is 15.0 Å². The largest absolute Gasteiger partial charge is 0.493 e. The number of hydrogen-bond acceptors (Lipinski definition) is 6. The van der Waals surface area contributed by atoms with Gasteiger partial charge in [0, 0.05) is 42.0 Å². The first-order valence-electron chi connectivity index (χ1n) is 9.09. The third kappa shape index (κ3) is 3.85. The molecule has 1 aliphatic rings. The van der Waals surface area contributed by atoms with Crippen LogP contribution in [0.4, 0.5) is 5.69 Å². The van der Waals surface area contributed by atoms with E-state index < -0.39 is 22.3 Å². The second-order valence-corrected chi connectivity index (χ2v) is 7.42.